The van der Waals surface area contributed by atoms with Gasteiger partial charge in [0.2, 0.25) is 5.95 Å². The van der Waals surface area contributed by atoms with Crippen molar-refractivity contribution in [2.24, 2.45) is 0 Å². The molecule has 0 amide bonds. The van der Waals surface area contributed by atoms with Gasteiger partial charge in [0.25, 0.3) is 0 Å². The van der Waals surface area contributed by atoms with Crippen LogP contribution in [0.4, 0.5) is 17.5 Å². The third kappa shape index (κ3) is 2.38. The van der Waals surface area contributed by atoms with E-state index in [1.54, 1.807) is 0 Å². The smallest absolute Gasteiger partial charge is 0.222 e. The van der Waals surface area contributed by atoms with Gasteiger partial charge in [0.05, 0.1) is 6.20 Å². The Balaban J connectivity index is 2.47. The van der Waals surface area contributed by atoms with Crippen molar-refractivity contribution >= 4 is 29.1 Å². The zero-order valence-electron chi connectivity index (χ0n) is 10.6. The number of anilines is 3. The molecule has 1 heterocycles. The van der Waals surface area contributed by atoms with E-state index in [2.05, 4.69) is 35.9 Å². The second-order valence-electron chi connectivity index (χ2n) is 4.25. The van der Waals surface area contributed by atoms with Crippen molar-refractivity contribution in [3.8, 4) is 0 Å². The van der Waals surface area contributed by atoms with Crippen molar-refractivity contribution in [1.29, 1.82) is 0 Å². The molecule has 0 saturated carbocycles. The monoisotopic (exact) mass is 262 g/mol. The van der Waals surface area contributed by atoms with E-state index in [4.69, 9.17) is 17.3 Å². The zero-order valence-corrected chi connectivity index (χ0v) is 11.4. The van der Waals surface area contributed by atoms with E-state index in [-0.39, 0.29) is 5.95 Å². The van der Waals surface area contributed by atoms with Crippen LogP contribution in [-0.2, 0) is 0 Å². The predicted octanol–water partition coefficient (Wildman–Crippen LogP) is 3.10. The number of benzene rings is 1. The summed E-state index contributed by atoms with van der Waals surface area (Å²) in [5.74, 6) is 0.821. The minimum atomic E-state index is 0.214. The number of hydrogen-bond donors (Lipinski definition) is 1. The summed E-state index contributed by atoms with van der Waals surface area (Å²) < 4.78 is 0. The highest BCUT2D eigenvalue weighted by atomic mass is 35.5. The van der Waals surface area contributed by atoms with Gasteiger partial charge in [-0.3, -0.25) is 0 Å². The number of nitrogen functional groups attached to an aromatic ring is 1. The molecule has 1 aromatic heterocycles. The van der Waals surface area contributed by atoms with Gasteiger partial charge < -0.3 is 10.6 Å². The molecular weight excluding hydrogens is 248 g/mol. The number of rotatable bonds is 2. The minimum absolute atomic E-state index is 0.214. The van der Waals surface area contributed by atoms with E-state index < -0.39 is 0 Å². The molecule has 0 unspecified atom stereocenters. The normalized spacial score (nSPS) is 10.4. The molecule has 1 aromatic carbocycles. The highest BCUT2D eigenvalue weighted by Gasteiger charge is 2.12. The maximum Gasteiger partial charge on any atom is 0.222 e. The molecule has 4 nitrogen and oxygen atoms in total. The molecule has 2 rings (SSSR count). The molecule has 0 aliphatic carbocycles. The van der Waals surface area contributed by atoms with E-state index >= 15 is 0 Å². The van der Waals surface area contributed by atoms with E-state index in [9.17, 15) is 0 Å². The molecule has 94 valence electrons. The van der Waals surface area contributed by atoms with E-state index in [0.29, 0.717) is 10.8 Å². The highest BCUT2D eigenvalue weighted by Crippen LogP contribution is 2.30. The van der Waals surface area contributed by atoms with Crippen LogP contribution in [-0.4, -0.2) is 17.0 Å². The van der Waals surface area contributed by atoms with Crippen molar-refractivity contribution in [1.82, 2.24) is 9.97 Å². The van der Waals surface area contributed by atoms with Crippen LogP contribution in [0.25, 0.3) is 0 Å². The van der Waals surface area contributed by atoms with Crippen LogP contribution < -0.4 is 10.6 Å². The average Bonchev–Trinajstić information content (AvgIpc) is 2.31. The molecule has 0 spiro atoms. The Morgan fingerprint density at radius 1 is 1.28 bits per heavy atom. The van der Waals surface area contributed by atoms with Crippen molar-refractivity contribution in [3.05, 3.63) is 40.5 Å². The summed E-state index contributed by atoms with van der Waals surface area (Å²) in [6.45, 7) is 4.11. The molecule has 0 saturated heterocycles. The third-order valence-electron chi connectivity index (χ3n) is 2.78. The summed E-state index contributed by atoms with van der Waals surface area (Å²) in [6, 6.07) is 6.21. The van der Waals surface area contributed by atoms with Gasteiger partial charge in [0.1, 0.15) is 5.02 Å². The van der Waals surface area contributed by atoms with Crippen LogP contribution >= 0.6 is 11.6 Å². The lowest BCUT2D eigenvalue weighted by Crippen LogP contribution is -2.14. The Bertz CT molecular complexity index is 583. The van der Waals surface area contributed by atoms with Gasteiger partial charge in [-0.2, -0.15) is 4.98 Å². The van der Waals surface area contributed by atoms with E-state index in [1.165, 1.54) is 11.8 Å². The van der Waals surface area contributed by atoms with Crippen LogP contribution in [0.15, 0.2) is 24.4 Å². The fraction of sp³-hybridized carbons (Fsp3) is 0.231. The van der Waals surface area contributed by atoms with Crippen LogP contribution in [0.5, 0.6) is 0 Å². The molecule has 0 aliphatic heterocycles. The van der Waals surface area contributed by atoms with Crippen LogP contribution in [0, 0.1) is 13.8 Å². The number of aryl methyl sites for hydroxylation is 2. The number of nitrogens with two attached hydrogens (primary N) is 1. The summed E-state index contributed by atoms with van der Waals surface area (Å²) in [4.78, 5) is 9.95. The quantitative estimate of drug-likeness (QED) is 0.904. The maximum atomic E-state index is 6.10. The number of hydrogen-bond acceptors (Lipinski definition) is 4. The molecule has 0 atom stereocenters. The second kappa shape index (κ2) is 4.82. The van der Waals surface area contributed by atoms with E-state index in [1.807, 2.05) is 18.0 Å². The lowest BCUT2D eigenvalue weighted by atomic mass is 10.1. The van der Waals surface area contributed by atoms with Gasteiger partial charge in [-0.1, -0.05) is 29.3 Å². The van der Waals surface area contributed by atoms with Gasteiger partial charge in [0.15, 0.2) is 5.82 Å². The van der Waals surface area contributed by atoms with Crippen LogP contribution in [0.1, 0.15) is 11.1 Å². The Morgan fingerprint density at radius 2 is 2.00 bits per heavy atom. The van der Waals surface area contributed by atoms with Crippen molar-refractivity contribution in [2.75, 3.05) is 17.7 Å². The fourth-order valence-corrected chi connectivity index (χ4v) is 2.12. The fourth-order valence-electron chi connectivity index (χ4n) is 1.90. The van der Waals surface area contributed by atoms with Gasteiger partial charge in [-0.05, 0) is 25.5 Å². The molecule has 18 heavy (non-hydrogen) atoms. The molecule has 0 bridgehead atoms. The lowest BCUT2D eigenvalue weighted by Gasteiger charge is -2.21. The first kappa shape index (κ1) is 12.6. The topological polar surface area (TPSA) is 55.0 Å². The minimum Gasteiger partial charge on any atom is -0.368 e. The van der Waals surface area contributed by atoms with Crippen molar-refractivity contribution in [3.63, 3.8) is 0 Å². The predicted molar refractivity (Wildman–Crippen MR) is 75.4 cm³/mol. The Morgan fingerprint density at radius 3 is 2.67 bits per heavy atom. The molecule has 5 heteroatoms. The van der Waals surface area contributed by atoms with Gasteiger partial charge >= 0.3 is 0 Å². The van der Waals surface area contributed by atoms with Crippen molar-refractivity contribution in [2.45, 2.75) is 13.8 Å². The van der Waals surface area contributed by atoms with Gasteiger partial charge in [-0.25, -0.2) is 4.98 Å². The van der Waals surface area contributed by atoms with Gasteiger partial charge in [0, 0.05) is 12.7 Å². The first-order valence-corrected chi connectivity index (χ1v) is 5.96. The first-order valence-electron chi connectivity index (χ1n) is 5.58. The Kier molecular flexibility index (Phi) is 3.39. The number of halogens is 1. The molecule has 0 aliphatic rings. The van der Waals surface area contributed by atoms with Crippen LogP contribution in [0.3, 0.4) is 0 Å². The first-order chi connectivity index (χ1) is 8.49. The molecule has 2 N–H and O–H groups in total. The Hall–Kier alpha value is -1.81. The highest BCUT2D eigenvalue weighted by molar-refractivity contribution is 6.33. The standard InChI is InChI=1S/C13H15ClN4/c1-8-4-5-11(9(2)6-8)18(3)12-10(14)7-16-13(15)17-12/h4-7H,1-3H3,(H2,15,16,17). The number of nitrogens with zero attached hydrogens (tertiary/aromatic N) is 3. The molecule has 2 aromatic rings. The summed E-state index contributed by atoms with van der Waals surface area (Å²) >= 11 is 6.10. The Labute approximate surface area is 111 Å². The largest absolute Gasteiger partial charge is 0.368 e. The summed E-state index contributed by atoms with van der Waals surface area (Å²) in [6.07, 6.45) is 1.51. The van der Waals surface area contributed by atoms with Gasteiger partial charge in [-0.15, -0.1) is 0 Å². The van der Waals surface area contributed by atoms with E-state index in [0.717, 1.165) is 11.3 Å². The molecule has 0 fully saturated rings. The third-order valence-corrected chi connectivity index (χ3v) is 3.04. The summed E-state index contributed by atoms with van der Waals surface area (Å²) in [5, 5.41) is 0.478. The zero-order chi connectivity index (χ0) is 13.3. The SMILES string of the molecule is Cc1ccc(N(C)c2nc(N)ncc2Cl)c(C)c1. The summed E-state index contributed by atoms with van der Waals surface area (Å²) in [7, 11) is 1.91. The molecular formula is C13H15ClN4. The summed E-state index contributed by atoms with van der Waals surface area (Å²) in [5.41, 5.74) is 9.02. The number of aromatic nitrogens is 2. The van der Waals surface area contributed by atoms with Crippen molar-refractivity contribution < 1.29 is 0 Å². The lowest BCUT2D eigenvalue weighted by molar-refractivity contribution is 1.08. The van der Waals surface area contributed by atoms with Crippen LogP contribution in [0.2, 0.25) is 5.02 Å². The average molecular weight is 263 g/mol. The second-order valence-corrected chi connectivity index (χ2v) is 4.66. The maximum absolute atomic E-state index is 6.10. The molecule has 0 radical (unpaired) electrons.